The first kappa shape index (κ1) is 14.5. The lowest BCUT2D eigenvalue weighted by molar-refractivity contribution is 0.0330. The molecule has 1 saturated heterocycles. The molecule has 0 amide bonds. The molecule has 1 fully saturated rings. The van der Waals surface area contributed by atoms with Crippen molar-refractivity contribution in [2.45, 2.75) is 52.1 Å². The molecule has 2 nitrogen and oxygen atoms in total. The highest BCUT2D eigenvalue weighted by Crippen LogP contribution is 2.39. The smallest absolute Gasteiger partial charge is 0.0237 e. The fraction of sp³-hybridized carbons (Fsp3) is 0.647. The summed E-state index contributed by atoms with van der Waals surface area (Å²) >= 11 is 0. The fourth-order valence-corrected chi connectivity index (χ4v) is 3.39. The summed E-state index contributed by atoms with van der Waals surface area (Å²) in [5, 5.41) is 0. The molecule has 0 spiro atoms. The van der Waals surface area contributed by atoms with Crippen molar-refractivity contribution in [2.24, 2.45) is 11.1 Å². The summed E-state index contributed by atoms with van der Waals surface area (Å²) < 4.78 is 0. The molecule has 2 rings (SSSR count). The van der Waals surface area contributed by atoms with Gasteiger partial charge in [-0.15, -0.1) is 0 Å². The van der Waals surface area contributed by atoms with E-state index in [9.17, 15) is 0 Å². The minimum absolute atomic E-state index is 0.514. The van der Waals surface area contributed by atoms with Crippen molar-refractivity contribution in [1.29, 1.82) is 0 Å². The van der Waals surface area contributed by atoms with E-state index in [2.05, 4.69) is 49.1 Å². The van der Waals surface area contributed by atoms with Crippen LogP contribution < -0.4 is 5.73 Å². The maximum atomic E-state index is 5.98. The zero-order valence-corrected chi connectivity index (χ0v) is 12.4. The number of hydrogen-bond donors (Lipinski definition) is 1. The fourth-order valence-electron chi connectivity index (χ4n) is 3.39. The SMILES string of the molecule is CCC1(CC)CCC(CN)N(Cc2ccccc2)C1. The lowest BCUT2D eigenvalue weighted by Gasteiger charge is -2.46. The largest absolute Gasteiger partial charge is 0.329 e. The van der Waals surface area contributed by atoms with Gasteiger partial charge in [-0.1, -0.05) is 44.2 Å². The molecule has 0 aromatic heterocycles. The minimum atomic E-state index is 0.514. The summed E-state index contributed by atoms with van der Waals surface area (Å²) in [5.41, 5.74) is 7.90. The van der Waals surface area contributed by atoms with Crippen LogP contribution >= 0.6 is 0 Å². The summed E-state index contributed by atoms with van der Waals surface area (Å²) in [6.07, 6.45) is 5.16. The van der Waals surface area contributed by atoms with Gasteiger partial charge in [-0.05, 0) is 36.7 Å². The third-order valence-electron chi connectivity index (χ3n) is 5.06. The number of likely N-dealkylation sites (tertiary alicyclic amines) is 1. The molecule has 1 atom stereocenters. The van der Waals surface area contributed by atoms with Crippen molar-refractivity contribution in [2.75, 3.05) is 13.1 Å². The zero-order chi connectivity index (χ0) is 13.7. The Hall–Kier alpha value is -0.860. The first-order valence-electron chi connectivity index (χ1n) is 7.71. The molecule has 0 aliphatic carbocycles. The molecular formula is C17H28N2. The average Bonchev–Trinajstić information content (AvgIpc) is 2.48. The Morgan fingerprint density at radius 2 is 1.89 bits per heavy atom. The molecule has 1 heterocycles. The van der Waals surface area contributed by atoms with E-state index in [4.69, 9.17) is 5.73 Å². The quantitative estimate of drug-likeness (QED) is 0.879. The van der Waals surface area contributed by atoms with Crippen LogP contribution in [0.1, 0.15) is 45.1 Å². The van der Waals surface area contributed by atoms with E-state index in [0.29, 0.717) is 11.5 Å². The van der Waals surface area contributed by atoms with E-state index in [0.717, 1.165) is 13.1 Å². The van der Waals surface area contributed by atoms with Crippen molar-refractivity contribution >= 4 is 0 Å². The van der Waals surface area contributed by atoms with Crippen LogP contribution in [-0.2, 0) is 6.54 Å². The molecule has 106 valence electrons. The molecule has 0 saturated carbocycles. The van der Waals surface area contributed by atoms with E-state index >= 15 is 0 Å². The monoisotopic (exact) mass is 260 g/mol. The standard InChI is InChI=1S/C17H28N2/c1-3-17(4-2)11-10-16(12-18)19(14-17)13-15-8-6-5-7-9-15/h5-9,16H,3-4,10-14,18H2,1-2H3. The summed E-state index contributed by atoms with van der Waals surface area (Å²) in [6, 6.07) is 11.4. The summed E-state index contributed by atoms with van der Waals surface area (Å²) in [7, 11) is 0. The third kappa shape index (κ3) is 3.37. The van der Waals surface area contributed by atoms with Crippen molar-refractivity contribution < 1.29 is 0 Å². The Labute approximate surface area is 118 Å². The van der Waals surface area contributed by atoms with Crippen LogP contribution in [0.3, 0.4) is 0 Å². The van der Waals surface area contributed by atoms with Crippen LogP contribution in [0.5, 0.6) is 0 Å². The average molecular weight is 260 g/mol. The Kier molecular flexibility index (Phi) is 5.00. The molecular weight excluding hydrogens is 232 g/mol. The van der Waals surface area contributed by atoms with E-state index < -0.39 is 0 Å². The third-order valence-corrected chi connectivity index (χ3v) is 5.06. The van der Waals surface area contributed by atoms with Gasteiger partial charge in [0.2, 0.25) is 0 Å². The predicted molar refractivity (Wildman–Crippen MR) is 81.9 cm³/mol. The molecule has 2 N–H and O–H groups in total. The molecule has 1 unspecified atom stereocenters. The molecule has 1 aliphatic rings. The zero-order valence-electron chi connectivity index (χ0n) is 12.4. The number of nitrogens with zero attached hydrogens (tertiary/aromatic N) is 1. The second kappa shape index (κ2) is 6.53. The van der Waals surface area contributed by atoms with Gasteiger partial charge in [0.05, 0.1) is 0 Å². The molecule has 1 aliphatic heterocycles. The van der Waals surface area contributed by atoms with Gasteiger partial charge in [0, 0.05) is 25.7 Å². The van der Waals surface area contributed by atoms with Crippen molar-refractivity contribution in [1.82, 2.24) is 4.90 Å². The van der Waals surface area contributed by atoms with Crippen molar-refractivity contribution in [3.05, 3.63) is 35.9 Å². The highest BCUT2D eigenvalue weighted by molar-refractivity contribution is 5.15. The number of nitrogens with two attached hydrogens (primary N) is 1. The van der Waals surface area contributed by atoms with Crippen LogP contribution in [0, 0.1) is 5.41 Å². The first-order chi connectivity index (χ1) is 9.23. The summed E-state index contributed by atoms with van der Waals surface area (Å²) in [4.78, 5) is 2.62. The van der Waals surface area contributed by atoms with Crippen LogP contribution in [0.2, 0.25) is 0 Å². The topological polar surface area (TPSA) is 29.3 Å². The first-order valence-corrected chi connectivity index (χ1v) is 7.71. The van der Waals surface area contributed by atoms with Gasteiger partial charge in [0.1, 0.15) is 0 Å². The van der Waals surface area contributed by atoms with Crippen LogP contribution in [0.4, 0.5) is 0 Å². The molecule has 0 bridgehead atoms. The second-order valence-corrected chi connectivity index (χ2v) is 6.03. The number of hydrogen-bond acceptors (Lipinski definition) is 2. The van der Waals surface area contributed by atoms with Crippen LogP contribution in [0.25, 0.3) is 0 Å². The molecule has 19 heavy (non-hydrogen) atoms. The van der Waals surface area contributed by atoms with Gasteiger partial charge in [0.25, 0.3) is 0 Å². The van der Waals surface area contributed by atoms with E-state index in [-0.39, 0.29) is 0 Å². The molecule has 1 aromatic rings. The Balaban J connectivity index is 2.10. The maximum Gasteiger partial charge on any atom is 0.0237 e. The highest BCUT2D eigenvalue weighted by Gasteiger charge is 2.36. The maximum absolute atomic E-state index is 5.98. The predicted octanol–water partition coefficient (Wildman–Crippen LogP) is 3.42. The van der Waals surface area contributed by atoms with Gasteiger partial charge in [-0.2, -0.15) is 0 Å². The van der Waals surface area contributed by atoms with Gasteiger partial charge in [-0.3, -0.25) is 4.90 Å². The Morgan fingerprint density at radius 3 is 2.47 bits per heavy atom. The Bertz CT molecular complexity index is 370. The number of benzene rings is 1. The van der Waals surface area contributed by atoms with E-state index in [1.807, 2.05) is 0 Å². The second-order valence-electron chi connectivity index (χ2n) is 6.03. The summed E-state index contributed by atoms with van der Waals surface area (Å²) in [6.45, 7) is 7.72. The van der Waals surface area contributed by atoms with Crippen molar-refractivity contribution in [3.8, 4) is 0 Å². The van der Waals surface area contributed by atoms with Gasteiger partial charge < -0.3 is 5.73 Å². The van der Waals surface area contributed by atoms with Gasteiger partial charge in [0.15, 0.2) is 0 Å². The normalized spacial score (nSPS) is 23.4. The van der Waals surface area contributed by atoms with E-state index in [1.54, 1.807) is 0 Å². The lowest BCUT2D eigenvalue weighted by atomic mass is 9.73. The lowest BCUT2D eigenvalue weighted by Crippen LogP contribution is -2.50. The minimum Gasteiger partial charge on any atom is -0.329 e. The molecule has 2 heteroatoms. The number of rotatable bonds is 5. The van der Waals surface area contributed by atoms with Gasteiger partial charge in [-0.25, -0.2) is 0 Å². The molecule has 1 aromatic carbocycles. The molecule has 0 radical (unpaired) electrons. The number of piperidine rings is 1. The van der Waals surface area contributed by atoms with Crippen LogP contribution in [-0.4, -0.2) is 24.0 Å². The summed E-state index contributed by atoms with van der Waals surface area (Å²) in [5.74, 6) is 0. The van der Waals surface area contributed by atoms with Crippen LogP contribution in [0.15, 0.2) is 30.3 Å². The highest BCUT2D eigenvalue weighted by atomic mass is 15.2. The van der Waals surface area contributed by atoms with E-state index in [1.165, 1.54) is 37.8 Å². The van der Waals surface area contributed by atoms with Crippen molar-refractivity contribution in [3.63, 3.8) is 0 Å². The Morgan fingerprint density at radius 1 is 1.21 bits per heavy atom. The van der Waals surface area contributed by atoms with Gasteiger partial charge >= 0.3 is 0 Å².